The van der Waals surface area contributed by atoms with Gasteiger partial charge in [-0.3, -0.25) is 4.79 Å². The molecule has 14 heavy (non-hydrogen) atoms. The van der Waals surface area contributed by atoms with Gasteiger partial charge in [-0.2, -0.15) is 0 Å². The lowest BCUT2D eigenvalue weighted by Crippen LogP contribution is -2.02. The predicted octanol–water partition coefficient (Wildman–Crippen LogP) is 1.76. The molecule has 0 aromatic heterocycles. The molecule has 1 aromatic rings. The number of rotatable bonds is 4. The number of carbonyl (C=O) groups excluding carboxylic acids is 1. The van der Waals surface area contributed by atoms with E-state index in [1.54, 1.807) is 0 Å². The maximum atomic E-state index is 13.0. The molecule has 0 aliphatic rings. The highest BCUT2D eigenvalue weighted by Crippen LogP contribution is 2.20. The average molecular weight is 202 g/mol. The summed E-state index contributed by atoms with van der Waals surface area (Å²) in [4.78, 5) is 10.3. The van der Waals surface area contributed by atoms with Gasteiger partial charge in [0.1, 0.15) is 5.82 Å². The van der Waals surface area contributed by atoms with Crippen molar-refractivity contribution in [2.24, 2.45) is 0 Å². The molecule has 0 saturated heterocycles. The van der Waals surface area contributed by atoms with Gasteiger partial charge in [-0.05, 0) is 6.07 Å². The van der Waals surface area contributed by atoms with Crippen molar-refractivity contribution in [1.29, 1.82) is 0 Å². The third kappa shape index (κ3) is 2.26. The number of methoxy groups -OCH3 is 1. The van der Waals surface area contributed by atoms with Crippen molar-refractivity contribution in [2.75, 3.05) is 13.9 Å². The maximum Gasteiger partial charge on any atom is 0.188 e. The minimum absolute atomic E-state index is 0.166. The fourth-order valence-electron chi connectivity index (χ4n) is 0.868. The second-order valence-corrected chi connectivity index (χ2v) is 2.47. The summed E-state index contributed by atoms with van der Waals surface area (Å²) in [5.41, 5.74) is -0.252. The van der Waals surface area contributed by atoms with E-state index in [4.69, 9.17) is 4.74 Å². The van der Waals surface area contributed by atoms with Gasteiger partial charge in [-0.25, -0.2) is 8.78 Å². The lowest BCUT2D eigenvalue weighted by atomic mass is 10.2. The van der Waals surface area contributed by atoms with Gasteiger partial charge < -0.3 is 9.47 Å². The van der Waals surface area contributed by atoms with Crippen molar-refractivity contribution in [3.05, 3.63) is 29.3 Å². The SMILES string of the molecule is COCOc1cc(C=O)c(F)cc1F. The molecule has 3 nitrogen and oxygen atoms in total. The quantitative estimate of drug-likeness (QED) is 0.551. The molecule has 0 aliphatic heterocycles. The van der Waals surface area contributed by atoms with Crippen molar-refractivity contribution in [1.82, 2.24) is 0 Å². The molecule has 5 heteroatoms. The van der Waals surface area contributed by atoms with Crippen LogP contribution in [-0.4, -0.2) is 20.2 Å². The molecule has 0 N–H and O–H groups in total. The van der Waals surface area contributed by atoms with Gasteiger partial charge in [-0.15, -0.1) is 0 Å². The lowest BCUT2D eigenvalue weighted by molar-refractivity contribution is 0.0481. The van der Waals surface area contributed by atoms with Crippen molar-refractivity contribution < 1.29 is 23.0 Å². The van der Waals surface area contributed by atoms with E-state index in [0.717, 1.165) is 6.07 Å². The Morgan fingerprint density at radius 3 is 2.64 bits per heavy atom. The Morgan fingerprint density at radius 1 is 1.36 bits per heavy atom. The molecule has 76 valence electrons. The number of ether oxygens (including phenoxy) is 2. The van der Waals surface area contributed by atoms with Gasteiger partial charge in [-0.1, -0.05) is 0 Å². The summed E-state index contributed by atoms with van der Waals surface area (Å²) in [7, 11) is 1.36. The number of benzene rings is 1. The first-order chi connectivity index (χ1) is 6.69. The first kappa shape index (κ1) is 10.6. The molecule has 0 spiro atoms. The van der Waals surface area contributed by atoms with Crippen LogP contribution >= 0.6 is 0 Å². The van der Waals surface area contributed by atoms with Crippen LogP contribution in [0.25, 0.3) is 0 Å². The second kappa shape index (κ2) is 4.66. The summed E-state index contributed by atoms with van der Waals surface area (Å²) in [5.74, 6) is -2.00. The Labute approximate surface area is 79.2 Å². The fraction of sp³-hybridized carbons (Fsp3) is 0.222. The summed E-state index contributed by atoms with van der Waals surface area (Å²) in [6.45, 7) is -0.166. The number of hydrogen-bond acceptors (Lipinski definition) is 3. The first-order valence-corrected chi connectivity index (χ1v) is 3.75. The lowest BCUT2D eigenvalue weighted by Gasteiger charge is -2.06. The summed E-state index contributed by atoms with van der Waals surface area (Å²) in [5, 5.41) is 0. The molecule has 0 saturated carbocycles. The molecule has 1 aromatic carbocycles. The molecule has 0 aliphatic carbocycles. The predicted molar refractivity (Wildman–Crippen MR) is 44.2 cm³/mol. The van der Waals surface area contributed by atoms with Crippen molar-refractivity contribution >= 4 is 6.29 Å². The fourth-order valence-corrected chi connectivity index (χ4v) is 0.868. The molecule has 0 radical (unpaired) electrons. The summed E-state index contributed by atoms with van der Waals surface area (Å²) in [6.07, 6.45) is 0.286. The maximum absolute atomic E-state index is 13.0. The highest BCUT2D eigenvalue weighted by Gasteiger charge is 2.10. The monoisotopic (exact) mass is 202 g/mol. The molecule has 0 amide bonds. The van der Waals surface area contributed by atoms with Crippen LogP contribution in [0.4, 0.5) is 8.78 Å². The summed E-state index contributed by atoms with van der Waals surface area (Å²) >= 11 is 0. The minimum Gasteiger partial charge on any atom is -0.464 e. The van der Waals surface area contributed by atoms with E-state index in [1.807, 2.05) is 0 Å². The highest BCUT2D eigenvalue weighted by molar-refractivity contribution is 5.76. The Balaban J connectivity index is 2.98. The normalized spacial score (nSPS) is 9.93. The van der Waals surface area contributed by atoms with Crippen molar-refractivity contribution in [3.63, 3.8) is 0 Å². The van der Waals surface area contributed by atoms with E-state index in [0.29, 0.717) is 6.07 Å². The summed E-state index contributed by atoms with van der Waals surface area (Å²) in [6, 6.07) is 1.57. The zero-order chi connectivity index (χ0) is 10.6. The van der Waals surface area contributed by atoms with E-state index in [-0.39, 0.29) is 24.4 Å². The molecule has 0 unspecified atom stereocenters. The van der Waals surface area contributed by atoms with Crippen LogP contribution in [0.2, 0.25) is 0 Å². The molecule has 0 atom stereocenters. The van der Waals surface area contributed by atoms with Crippen LogP contribution in [0.1, 0.15) is 10.4 Å². The largest absolute Gasteiger partial charge is 0.464 e. The van der Waals surface area contributed by atoms with Gasteiger partial charge >= 0.3 is 0 Å². The van der Waals surface area contributed by atoms with Crippen molar-refractivity contribution in [3.8, 4) is 5.75 Å². The third-order valence-electron chi connectivity index (χ3n) is 1.51. The van der Waals surface area contributed by atoms with Gasteiger partial charge in [0.05, 0.1) is 5.56 Å². The third-order valence-corrected chi connectivity index (χ3v) is 1.51. The minimum atomic E-state index is -0.915. The smallest absolute Gasteiger partial charge is 0.188 e. The molecular weight excluding hydrogens is 194 g/mol. The van der Waals surface area contributed by atoms with E-state index in [1.165, 1.54) is 7.11 Å². The highest BCUT2D eigenvalue weighted by atomic mass is 19.1. The number of aldehydes is 1. The van der Waals surface area contributed by atoms with Gasteiger partial charge in [0.25, 0.3) is 0 Å². The van der Waals surface area contributed by atoms with Crippen molar-refractivity contribution in [2.45, 2.75) is 0 Å². The zero-order valence-corrected chi connectivity index (χ0v) is 7.42. The Hall–Kier alpha value is -1.49. The molecular formula is C9H8F2O3. The van der Waals surface area contributed by atoms with E-state index < -0.39 is 11.6 Å². The van der Waals surface area contributed by atoms with Crippen LogP contribution in [0, 0.1) is 11.6 Å². The van der Waals surface area contributed by atoms with Crippen LogP contribution < -0.4 is 4.74 Å². The van der Waals surface area contributed by atoms with E-state index >= 15 is 0 Å². The molecule has 0 fully saturated rings. The van der Waals surface area contributed by atoms with Crippen LogP contribution in [0.5, 0.6) is 5.75 Å². The molecule has 1 rings (SSSR count). The molecule has 0 heterocycles. The van der Waals surface area contributed by atoms with Gasteiger partial charge in [0.15, 0.2) is 24.6 Å². The average Bonchev–Trinajstić information content (AvgIpc) is 2.17. The van der Waals surface area contributed by atoms with Crippen LogP contribution in [0.3, 0.4) is 0 Å². The number of carbonyl (C=O) groups is 1. The van der Waals surface area contributed by atoms with Gasteiger partial charge in [0.2, 0.25) is 0 Å². The van der Waals surface area contributed by atoms with Gasteiger partial charge in [0, 0.05) is 13.2 Å². The molecule has 0 bridgehead atoms. The Morgan fingerprint density at radius 2 is 2.07 bits per heavy atom. The Bertz CT molecular complexity index is 339. The second-order valence-electron chi connectivity index (χ2n) is 2.47. The first-order valence-electron chi connectivity index (χ1n) is 3.75. The standard InChI is InChI=1S/C9H8F2O3/c1-13-5-14-9-2-6(4-12)7(10)3-8(9)11/h2-4H,5H2,1H3. The van der Waals surface area contributed by atoms with E-state index in [2.05, 4.69) is 4.74 Å². The Kier molecular flexibility index (Phi) is 3.53. The topological polar surface area (TPSA) is 35.5 Å². The van der Waals surface area contributed by atoms with Crippen LogP contribution in [-0.2, 0) is 4.74 Å². The summed E-state index contributed by atoms with van der Waals surface area (Å²) < 4.78 is 35.0. The number of halogens is 2. The van der Waals surface area contributed by atoms with Crippen LogP contribution in [0.15, 0.2) is 12.1 Å². The zero-order valence-electron chi connectivity index (χ0n) is 7.42. The number of hydrogen-bond donors (Lipinski definition) is 0. The van der Waals surface area contributed by atoms with E-state index in [9.17, 15) is 13.6 Å².